The summed E-state index contributed by atoms with van der Waals surface area (Å²) in [4.78, 5) is 11.2. The molecule has 1 aliphatic rings. The average molecular weight is 194 g/mol. The third-order valence-corrected chi connectivity index (χ3v) is 1.49. The number of allylic oxidation sites excluding steroid dienone is 4. The highest BCUT2D eigenvalue weighted by molar-refractivity contribution is 5.72. The van der Waals surface area contributed by atoms with E-state index in [4.69, 9.17) is 9.47 Å². The first kappa shape index (κ1) is 10.6. The maximum atomic E-state index is 11.2. The molecule has 76 valence electrons. The normalized spacial score (nSPS) is 14.6. The Hall–Kier alpha value is -1.51. The summed E-state index contributed by atoms with van der Waals surface area (Å²) < 4.78 is 10.2. The summed E-state index contributed by atoms with van der Waals surface area (Å²) >= 11 is 0. The summed E-state index contributed by atoms with van der Waals surface area (Å²) in [7, 11) is 0. The largest absolute Gasteiger partial charge is 0.469 e. The van der Waals surface area contributed by atoms with Crippen molar-refractivity contribution in [2.45, 2.75) is 26.4 Å². The molecule has 14 heavy (non-hydrogen) atoms. The van der Waals surface area contributed by atoms with Gasteiger partial charge < -0.3 is 9.47 Å². The summed E-state index contributed by atoms with van der Waals surface area (Å²) in [5.74, 6) is 0.329. The van der Waals surface area contributed by atoms with E-state index in [9.17, 15) is 4.79 Å². The second-order valence-corrected chi connectivity index (χ2v) is 3.18. The molecule has 0 aromatic rings. The molecule has 0 N–H and O–H groups in total. The number of rotatable bonds is 3. The van der Waals surface area contributed by atoms with E-state index in [1.165, 1.54) is 6.26 Å². The van der Waals surface area contributed by atoms with Gasteiger partial charge in [0.2, 0.25) is 0 Å². The lowest BCUT2D eigenvalue weighted by Gasteiger charge is -2.08. The highest BCUT2D eigenvalue weighted by Gasteiger charge is 2.09. The second kappa shape index (κ2) is 5.27. The molecule has 0 saturated carbocycles. The van der Waals surface area contributed by atoms with Gasteiger partial charge >= 0.3 is 5.97 Å². The number of esters is 1. The first-order valence-electron chi connectivity index (χ1n) is 4.57. The minimum Gasteiger partial charge on any atom is -0.469 e. The molecule has 0 unspecified atom stereocenters. The highest BCUT2D eigenvalue weighted by Crippen LogP contribution is 2.09. The van der Waals surface area contributed by atoms with Crippen LogP contribution >= 0.6 is 0 Å². The Labute approximate surface area is 83.7 Å². The summed E-state index contributed by atoms with van der Waals surface area (Å²) in [6, 6.07) is 0. The van der Waals surface area contributed by atoms with E-state index < -0.39 is 0 Å². The van der Waals surface area contributed by atoms with Gasteiger partial charge in [-0.1, -0.05) is 12.2 Å². The summed E-state index contributed by atoms with van der Waals surface area (Å²) in [6.45, 7) is 3.64. The molecular formula is C11H14O3. The van der Waals surface area contributed by atoms with E-state index in [-0.39, 0.29) is 18.5 Å². The molecule has 1 rings (SSSR count). The average Bonchev–Trinajstić information content (AvgIpc) is 2.31. The zero-order chi connectivity index (χ0) is 10.4. The smallest absolute Gasteiger partial charge is 0.313 e. The lowest BCUT2D eigenvalue weighted by atomic mass is 10.3. The molecule has 0 aromatic heterocycles. The molecule has 1 aliphatic heterocycles. The molecule has 0 spiro atoms. The van der Waals surface area contributed by atoms with Gasteiger partial charge in [-0.25, -0.2) is 0 Å². The number of ether oxygens (including phenoxy) is 2. The van der Waals surface area contributed by atoms with Gasteiger partial charge in [0.05, 0.1) is 12.4 Å². The van der Waals surface area contributed by atoms with Crippen LogP contribution in [0, 0.1) is 0 Å². The fourth-order valence-electron chi connectivity index (χ4n) is 0.986. The maximum Gasteiger partial charge on any atom is 0.313 e. The van der Waals surface area contributed by atoms with Gasteiger partial charge in [0.15, 0.2) is 0 Å². The molecule has 1 heterocycles. The van der Waals surface area contributed by atoms with Crippen molar-refractivity contribution < 1.29 is 14.3 Å². The number of hydrogen-bond acceptors (Lipinski definition) is 3. The van der Waals surface area contributed by atoms with Crippen molar-refractivity contribution in [1.29, 1.82) is 0 Å². The molecule has 0 amide bonds. The molecular weight excluding hydrogens is 180 g/mol. The van der Waals surface area contributed by atoms with Crippen molar-refractivity contribution in [3.63, 3.8) is 0 Å². The lowest BCUT2D eigenvalue weighted by Crippen LogP contribution is -2.12. The van der Waals surface area contributed by atoms with Crippen LogP contribution in [0.5, 0.6) is 0 Å². The van der Waals surface area contributed by atoms with Crippen LogP contribution in [-0.4, -0.2) is 12.1 Å². The topological polar surface area (TPSA) is 35.5 Å². The summed E-state index contributed by atoms with van der Waals surface area (Å²) in [5.41, 5.74) is 0. The molecule has 0 saturated heterocycles. The monoisotopic (exact) mass is 194 g/mol. The summed E-state index contributed by atoms with van der Waals surface area (Å²) in [6.07, 6.45) is 8.80. The second-order valence-electron chi connectivity index (χ2n) is 3.18. The number of hydrogen-bond donors (Lipinski definition) is 0. The quantitative estimate of drug-likeness (QED) is 0.647. The molecule has 0 aromatic carbocycles. The van der Waals surface area contributed by atoms with Gasteiger partial charge in [-0.15, -0.1) is 0 Å². The number of carbonyl (C=O) groups is 1. The highest BCUT2D eigenvalue weighted by atomic mass is 16.5. The fourth-order valence-corrected chi connectivity index (χ4v) is 0.986. The fraction of sp³-hybridized carbons (Fsp3) is 0.364. The van der Waals surface area contributed by atoms with Crippen molar-refractivity contribution in [2.24, 2.45) is 0 Å². The van der Waals surface area contributed by atoms with Gasteiger partial charge in [0.1, 0.15) is 12.2 Å². The Morgan fingerprint density at radius 2 is 2.21 bits per heavy atom. The van der Waals surface area contributed by atoms with Gasteiger partial charge in [-0.3, -0.25) is 4.79 Å². The van der Waals surface area contributed by atoms with Crippen LogP contribution < -0.4 is 0 Å². The van der Waals surface area contributed by atoms with Crippen LogP contribution in [0.15, 0.2) is 36.3 Å². The Morgan fingerprint density at radius 3 is 2.93 bits per heavy atom. The molecule has 3 nitrogen and oxygen atoms in total. The third-order valence-electron chi connectivity index (χ3n) is 1.49. The SMILES string of the molecule is CC(C)OC(=O)CC1=CC=CC=CO1. The van der Waals surface area contributed by atoms with E-state index in [0.29, 0.717) is 5.76 Å². The van der Waals surface area contributed by atoms with Crippen molar-refractivity contribution in [2.75, 3.05) is 0 Å². The molecule has 0 bridgehead atoms. The Kier molecular flexibility index (Phi) is 3.98. The minimum absolute atomic E-state index is 0.0834. The van der Waals surface area contributed by atoms with E-state index >= 15 is 0 Å². The van der Waals surface area contributed by atoms with E-state index in [2.05, 4.69) is 0 Å². The molecule has 3 heteroatoms. The zero-order valence-electron chi connectivity index (χ0n) is 8.40. The Morgan fingerprint density at radius 1 is 1.43 bits per heavy atom. The van der Waals surface area contributed by atoms with Crippen LogP contribution in [0.25, 0.3) is 0 Å². The molecule has 0 atom stereocenters. The van der Waals surface area contributed by atoms with E-state index in [1.807, 2.05) is 26.0 Å². The number of carbonyl (C=O) groups excluding carboxylic acids is 1. The predicted molar refractivity (Wildman–Crippen MR) is 53.3 cm³/mol. The van der Waals surface area contributed by atoms with Crippen LogP contribution in [0.1, 0.15) is 20.3 Å². The Bertz CT molecular complexity index is 285. The van der Waals surface area contributed by atoms with Crippen LogP contribution in [0.4, 0.5) is 0 Å². The Balaban J connectivity index is 2.44. The van der Waals surface area contributed by atoms with Crippen molar-refractivity contribution in [3.05, 3.63) is 36.3 Å². The van der Waals surface area contributed by atoms with Crippen molar-refractivity contribution >= 4 is 5.97 Å². The minimum atomic E-state index is -0.269. The van der Waals surface area contributed by atoms with Crippen LogP contribution in [0.3, 0.4) is 0 Å². The van der Waals surface area contributed by atoms with Gasteiger partial charge in [-0.2, -0.15) is 0 Å². The molecule has 0 fully saturated rings. The van der Waals surface area contributed by atoms with Gasteiger partial charge in [-0.05, 0) is 26.0 Å². The van der Waals surface area contributed by atoms with Crippen molar-refractivity contribution in [3.8, 4) is 0 Å². The standard InChI is InChI=1S/C11H14O3/c1-9(2)14-11(12)8-10-6-4-3-5-7-13-10/h3-7,9H,8H2,1-2H3. The third kappa shape index (κ3) is 3.94. The van der Waals surface area contributed by atoms with Gasteiger partial charge in [0.25, 0.3) is 0 Å². The summed E-state index contributed by atoms with van der Waals surface area (Å²) in [5, 5.41) is 0. The molecule has 0 aliphatic carbocycles. The maximum absolute atomic E-state index is 11.2. The van der Waals surface area contributed by atoms with Gasteiger partial charge in [0, 0.05) is 0 Å². The first-order valence-corrected chi connectivity index (χ1v) is 4.57. The van der Waals surface area contributed by atoms with E-state index in [1.54, 1.807) is 12.2 Å². The first-order chi connectivity index (χ1) is 6.68. The van der Waals surface area contributed by atoms with Crippen LogP contribution in [-0.2, 0) is 14.3 Å². The molecule has 0 radical (unpaired) electrons. The van der Waals surface area contributed by atoms with Crippen LogP contribution in [0.2, 0.25) is 0 Å². The lowest BCUT2D eigenvalue weighted by molar-refractivity contribution is -0.147. The predicted octanol–water partition coefficient (Wildman–Crippen LogP) is 2.31. The zero-order valence-corrected chi connectivity index (χ0v) is 8.40. The van der Waals surface area contributed by atoms with E-state index in [0.717, 1.165) is 0 Å². The van der Waals surface area contributed by atoms with Crippen molar-refractivity contribution in [1.82, 2.24) is 0 Å².